The maximum atomic E-state index is 13.0. The highest BCUT2D eigenvalue weighted by Crippen LogP contribution is 2.39. The van der Waals surface area contributed by atoms with Crippen molar-refractivity contribution < 1.29 is 9.53 Å². The first-order valence-corrected chi connectivity index (χ1v) is 8.44. The summed E-state index contributed by atoms with van der Waals surface area (Å²) in [4.78, 5) is 15.2. The zero-order valence-electron chi connectivity index (χ0n) is 12.2. The van der Waals surface area contributed by atoms with Crippen LogP contribution in [0.4, 0.5) is 0 Å². The van der Waals surface area contributed by atoms with E-state index in [9.17, 15) is 4.79 Å². The maximum Gasteiger partial charge on any atom is 0.240 e. The van der Waals surface area contributed by atoms with E-state index in [-0.39, 0.29) is 6.04 Å². The zero-order valence-corrected chi connectivity index (χ0v) is 12.2. The van der Waals surface area contributed by atoms with Crippen LogP contribution in [-0.2, 0) is 9.53 Å². The molecule has 4 rings (SSSR count). The summed E-state index contributed by atoms with van der Waals surface area (Å²) in [6.07, 6.45) is 7.43. The van der Waals surface area contributed by atoms with Crippen molar-refractivity contribution in [2.45, 2.75) is 50.6 Å². The van der Waals surface area contributed by atoms with Gasteiger partial charge in [-0.3, -0.25) is 4.79 Å². The molecule has 0 spiro atoms. The molecule has 20 heavy (non-hydrogen) atoms. The van der Waals surface area contributed by atoms with E-state index >= 15 is 0 Å². The van der Waals surface area contributed by atoms with Crippen molar-refractivity contribution in [2.24, 2.45) is 17.8 Å². The SMILES string of the molecule is O=C(C1NCC2CCCC21)N(CC1CCOC1)C1CC1. The number of nitrogens with one attached hydrogen (secondary N) is 1. The van der Waals surface area contributed by atoms with Crippen LogP contribution in [0.5, 0.6) is 0 Å². The van der Waals surface area contributed by atoms with Crippen molar-refractivity contribution in [3.8, 4) is 0 Å². The second-order valence-corrected chi connectivity index (χ2v) is 7.19. The van der Waals surface area contributed by atoms with Crippen molar-refractivity contribution in [2.75, 3.05) is 26.3 Å². The summed E-state index contributed by atoms with van der Waals surface area (Å²) in [7, 11) is 0. The smallest absolute Gasteiger partial charge is 0.240 e. The molecule has 1 amide bonds. The Morgan fingerprint density at radius 3 is 2.85 bits per heavy atom. The van der Waals surface area contributed by atoms with Crippen LogP contribution in [0.2, 0.25) is 0 Å². The summed E-state index contributed by atoms with van der Waals surface area (Å²) in [5, 5.41) is 3.52. The van der Waals surface area contributed by atoms with Crippen LogP contribution in [0.3, 0.4) is 0 Å². The first-order chi connectivity index (χ1) is 9.83. The number of carbonyl (C=O) groups excluding carboxylic acids is 1. The number of carbonyl (C=O) groups is 1. The molecule has 0 aromatic heterocycles. The highest BCUT2D eigenvalue weighted by Gasteiger charge is 2.46. The molecule has 4 nitrogen and oxygen atoms in total. The van der Waals surface area contributed by atoms with Crippen LogP contribution < -0.4 is 5.32 Å². The van der Waals surface area contributed by atoms with Crippen LogP contribution in [0.25, 0.3) is 0 Å². The van der Waals surface area contributed by atoms with Gasteiger partial charge in [-0.15, -0.1) is 0 Å². The van der Waals surface area contributed by atoms with E-state index in [1.807, 2.05) is 0 Å². The summed E-state index contributed by atoms with van der Waals surface area (Å²) in [6, 6.07) is 0.649. The minimum Gasteiger partial charge on any atom is -0.381 e. The van der Waals surface area contributed by atoms with Crippen molar-refractivity contribution in [1.29, 1.82) is 0 Å². The van der Waals surface area contributed by atoms with Crippen LogP contribution >= 0.6 is 0 Å². The summed E-state index contributed by atoms with van der Waals surface area (Å²) >= 11 is 0. The molecule has 4 fully saturated rings. The first kappa shape index (κ1) is 13.1. The van der Waals surface area contributed by atoms with Crippen molar-refractivity contribution in [3.05, 3.63) is 0 Å². The molecule has 0 radical (unpaired) electrons. The van der Waals surface area contributed by atoms with Crippen molar-refractivity contribution in [3.63, 3.8) is 0 Å². The van der Waals surface area contributed by atoms with Gasteiger partial charge < -0.3 is 15.0 Å². The normalized spacial score (nSPS) is 40.0. The Kier molecular flexibility index (Phi) is 3.47. The number of amides is 1. The summed E-state index contributed by atoms with van der Waals surface area (Å²) < 4.78 is 5.48. The Hall–Kier alpha value is -0.610. The average Bonchev–Trinajstić information content (AvgIpc) is 2.88. The molecule has 2 heterocycles. The van der Waals surface area contributed by atoms with Crippen molar-refractivity contribution in [1.82, 2.24) is 10.2 Å². The Bertz CT molecular complexity index is 377. The molecule has 4 atom stereocenters. The lowest BCUT2D eigenvalue weighted by molar-refractivity contribution is -0.135. The Labute approximate surface area is 121 Å². The minimum atomic E-state index is 0.116. The topological polar surface area (TPSA) is 41.6 Å². The number of fused-ring (bicyclic) bond motifs is 1. The fourth-order valence-electron chi connectivity index (χ4n) is 4.45. The standard InChI is InChI=1S/C16H26N2O2/c19-16(15-14-3-1-2-12(14)8-17-15)18(13-4-5-13)9-11-6-7-20-10-11/h11-15,17H,1-10H2. The fourth-order valence-corrected chi connectivity index (χ4v) is 4.45. The van der Waals surface area contributed by atoms with Crippen LogP contribution in [0.1, 0.15) is 38.5 Å². The number of hydrogen-bond donors (Lipinski definition) is 1. The van der Waals surface area contributed by atoms with E-state index in [0.29, 0.717) is 23.8 Å². The third-order valence-corrected chi connectivity index (χ3v) is 5.76. The summed E-state index contributed by atoms with van der Waals surface area (Å²) in [5.74, 6) is 2.34. The lowest BCUT2D eigenvalue weighted by atomic mass is 9.93. The minimum absolute atomic E-state index is 0.116. The zero-order chi connectivity index (χ0) is 13.5. The highest BCUT2D eigenvalue weighted by atomic mass is 16.5. The third-order valence-electron chi connectivity index (χ3n) is 5.76. The van der Waals surface area contributed by atoms with Gasteiger partial charge in [-0.25, -0.2) is 0 Å². The number of rotatable bonds is 4. The molecule has 4 aliphatic rings. The van der Waals surface area contributed by atoms with Crippen LogP contribution in [-0.4, -0.2) is 49.2 Å². The van der Waals surface area contributed by atoms with Gasteiger partial charge in [0.25, 0.3) is 0 Å². The second kappa shape index (κ2) is 5.30. The van der Waals surface area contributed by atoms with E-state index in [4.69, 9.17) is 4.74 Å². The monoisotopic (exact) mass is 278 g/mol. The predicted molar refractivity (Wildman–Crippen MR) is 76.3 cm³/mol. The van der Waals surface area contributed by atoms with Crippen LogP contribution in [0, 0.1) is 17.8 Å². The largest absolute Gasteiger partial charge is 0.381 e. The number of nitrogens with zero attached hydrogens (tertiary/aromatic N) is 1. The molecule has 0 bridgehead atoms. The van der Waals surface area contributed by atoms with Gasteiger partial charge in [0, 0.05) is 25.1 Å². The maximum absolute atomic E-state index is 13.0. The Morgan fingerprint density at radius 1 is 1.20 bits per heavy atom. The van der Waals surface area contributed by atoms with Gasteiger partial charge in [0.1, 0.15) is 0 Å². The molecule has 4 heteroatoms. The summed E-state index contributed by atoms with van der Waals surface area (Å²) in [5.41, 5.74) is 0. The van der Waals surface area contributed by atoms with Gasteiger partial charge in [0.05, 0.1) is 12.6 Å². The van der Waals surface area contributed by atoms with Gasteiger partial charge in [0.15, 0.2) is 0 Å². The molecule has 0 aromatic rings. The van der Waals surface area contributed by atoms with Crippen LogP contribution in [0.15, 0.2) is 0 Å². The Balaban J connectivity index is 1.44. The van der Waals surface area contributed by atoms with Gasteiger partial charge in [-0.1, -0.05) is 6.42 Å². The lowest BCUT2D eigenvalue weighted by Crippen LogP contribution is -2.49. The molecule has 1 N–H and O–H groups in total. The molecule has 2 aliphatic carbocycles. The molecule has 0 aromatic carbocycles. The van der Waals surface area contributed by atoms with Crippen molar-refractivity contribution >= 4 is 5.91 Å². The average molecular weight is 278 g/mol. The fraction of sp³-hybridized carbons (Fsp3) is 0.938. The molecule has 112 valence electrons. The van der Waals surface area contributed by atoms with Gasteiger partial charge in [-0.2, -0.15) is 0 Å². The van der Waals surface area contributed by atoms with Gasteiger partial charge >= 0.3 is 0 Å². The molecule has 2 aliphatic heterocycles. The van der Waals surface area contributed by atoms with E-state index < -0.39 is 0 Å². The van der Waals surface area contributed by atoms with Gasteiger partial charge in [0.2, 0.25) is 5.91 Å². The molecule has 4 unspecified atom stereocenters. The van der Waals surface area contributed by atoms with E-state index in [0.717, 1.165) is 38.6 Å². The lowest BCUT2D eigenvalue weighted by Gasteiger charge is -2.30. The first-order valence-electron chi connectivity index (χ1n) is 8.44. The number of hydrogen-bond acceptors (Lipinski definition) is 3. The molecule has 2 saturated carbocycles. The highest BCUT2D eigenvalue weighted by molar-refractivity contribution is 5.83. The van der Waals surface area contributed by atoms with E-state index in [1.165, 1.54) is 32.1 Å². The Morgan fingerprint density at radius 2 is 2.10 bits per heavy atom. The molecular weight excluding hydrogens is 252 g/mol. The van der Waals surface area contributed by atoms with E-state index in [1.54, 1.807) is 0 Å². The quantitative estimate of drug-likeness (QED) is 0.845. The number of ether oxygens (including phenoxy) is 1. The molecular formula is C16H26N2O2. The van der Waals surface area contributed by atoms with Gasteiger partial charge in [-0.05, 0) is 50.5 Å². The second-order valence-electron chi connectivity index (χ2n) is 7.19. The van der Waals surface area contributed by atoms with E-state index in [2.05, 4.69) is 10.2 Å². The summed E-state index contributed by atoms with van der Waals surface area (Å²) in [6.45, 7) is 3.72. The molecule has 2 saturated heterocycles. The predicted octanol–water partition coefficient (Wildman–Crippen LogP) is 1.40. The third kappa shape index (κ3) is 2.37.